The Bertz CT molecular complexity index is 669. The molecule has 2 bridgehead atoms. The Morgan fingerprint density at radius 3 is 2.71 bits per heavy atom. The van der Waals surface area contributed by atoms with Crippen molar-refractivity contribution in [3.05, 3.63) is 29.6 Å². The summed E-state index contributed by atoms with van der Waals surface area (Å²) < 4.78 is 17.7. The fraction of sp³-hybridized carbons (Fsp3) is 0.700. The Labute approximate surface area is 172 Å². The van der Waals surface area contributed by atoms with Crippen molar-refractivity contribution in [1.82, 2.24) is 9.88 Å². The van der Waals surface area contributed by atoms with Gasteiger partial charge >= 0.3 is 0 Å². The highest BCUT2D eigenvalue weighted by Gasteiger charge is 2.53. The molecule has 3 aliphatic rings. The maximum Gasteiger partial charge on any atom is 0.267 e. The van der Waals surface area contributed by atoms with Crippen molar-refractivity contribution in [1.29, 1.82) is 0 Å². The van der Waals surface area contributed by atoms with Gasteiger partial charge in [-0.1, -0.05) is 6.42 Å². The van der Waals surface area contributed by atoms with E-state index in [9.17, 15) is 4.79 Å². The largest absolute Gasteiger partial charge is 0.376 e. The average Bonchev–Trinajstić information content (AvgIpc) is 2.68. The molecule has 4 rings (SSSR count). The normalized spacial score (nSPS) is 33.1. The van der Waals surface area contributed by atoms with Gasteiger partial charge in [-0.05, 0) is 30.5 Å². The van der Waals surface area contributed by atoms with Crippen LogP contribution in [0.2, 0.25) is 0 Å². The summed E-state index contributed by atoms with van der Waals surface area (Å²) in [5.41, 5.74) is 6.41. The van der Waals surface area contributed by atoms with E-state index in [4.69, 9.17) is 19.9 Å². The Kier molecular flexibility index (Phi) is 6.94. The molecule has 1 saturated carbocycles. The monoisotopic (exact) mass is 411 g/mol. The first-order valence-electron chi connectivity index (χ1n) is 9.86. The van der Waals surface area contributed by atoms with Gasteiger partial charge in [0.1, 0.15) is 11.3 Å². The van der Waals surface area contributed by atoms with Gasteiger partial charge in [-0.3, -0.25) is 14.7 Å². The number of nitrogens with two attached hydrogens (primary N) is 1. The second-order valence-electron chi connectivity index (χ2n) is 7.90. The molecule has 2 unspecified atom stereocenters. The number of carbonyl (C=O) groups is 1. The number of hydrogen-bond donors (Lipinski definition) is 1. The van der Waals surface area contributed by atoms with E-state index < -0.39 is 5.91 Å². The van der Waals surface area contributed by atoms with Gasteiger partial charge in [-0.15, -0.1) is 12.4 Å². The first kappa shape index (κ1) is 21.5. The number of carbonyl (C=O) groups excluding carboxylic acids is 1. The average molecular weight is 412 g/mol. The summed E-state index contributed by atoms with van der Waals surface area (Å²) in [6.45, 7) is 4.86. The molecule has 1 aromatic rings. The molecule has 2 aliphatic heterocycles. The van der Waals surface area contributed by atoms with E-state index in [1.54, 1.807) is 13.3 Å². The van der Waals surface area contributed by atoms with Gasteiger partial charge in [0, 0.05) is 44.8 Å². The third kappa shape index (κ3) is 3.91. The minimum absolute atomic E-state index is 0. The van der Waals surface area contributed by atoms with Crippen LogP contribution in [0.4, 0.5) is 0 Å². The van der Waals surface area contributed by atoms with Crippen molar-refractivity contribution in [2.24, 2.45) is 17.6 Å². The number of aromatic nitrogens is 1. The number of fused-ring (bicyclic) bond motifs is 2. The number of primary amides is 1. The van der Waals surface area contributed by atoms with E-state index in [1.807, 2.05) is 12.1 Å². The fourth-order valence-corrected chi connectivity index (χ4v) is 5.33. The third-order valence-corrected chi connectivity index (χ3v) is 6.42. The number of methoxy groups -OCH3 is 1. The molecule has 1 aromatic heterocycles. The van der Waals surface area contributed by atoms with E-state index in [0.717, 1.165) is 38.0 Å². The molecule has 28 heavy (non-hydrogen) atoms. The molecule has 0 aromatic carbocycles. The van der Waals surface area contributed by atoms with Crippen LogP contribution in [0.15, 0.2) is 18.3 Å². The van der Waals surface area contributed by atoms with Crippen molar-refractivity contribution < 1.29 is 19.0 Å². The molecular weight excluding hydrogens is 382 g/mol. The molecule has 0 spiro atoms. The van der Waals surface area contributed by atoms with Crippen LogP contribution in [0.1, 0.15) is 35.3 Å². The highest BCUT2D eigenvalue weighted by Crippen LogP contribution is 2.51. The fourth-order valence-electron chi connectivity index (χ4n) is 5.33. The van der Waals surface area contributed by atoms with Crippen molar-refractivity contribution in [3.63, 3.8) is 0 Å². The third-order valence-electron chi connectivity index (χ3n) is 6.42. The molecule has 3 fully saturated rings. The summed E-state index contributed by atoms with van der Waals surface area (Å²) in [7, 11) is 1.80. The molecule has 2 N–H and O–H groups in total. The molecule has 2 saturated heterocycles. The first-order valence-corrected chi connectivity index (χ1v) is 9.86. The molecular formula is C20H30ClN3O4. The number of hydrogen-bond acceptors (Lipinski definition) is 6. The Morgan fingerprint density at radius 1 is 1.36 bits per heavy atom. The standard InChI is InChI=1S/C20H29N3O4.ClH/c1-25-20(14-5-6-22-18(9-14)19(21)24)15-3-2-4-16(20)11-23(10-15)12-17-13-26-7-8-27-17;/h5-6,9,15-17H,2-4,7-8,10-13H2,1H3,(H2,21,24);1H/t15?,16?,17-,20?;/m1./s1. The Balaban J connectivity index is 0.00000225. The van der Waals surface area contributed by atoms with Crippen LogP contribution < -0.4 is 5.73 Å². The lowest BCUT2D eigenvalue weighted by Crippen LogP contribution is -2.60. The Morgan fingerprint density at radius 2 is 2.11 bits per heavy atom. The van der Waals surface area contributed by atoms with Gasteiger partial charge in [-0.2, -0.15) is 0 Å². The lowest BCUT2D eigenvalue weighted by molar-refractivity contribution is -0.177. The van der Waals surface area contributed by atoms with E-state index in [0.29, 0.717) is 37.4 Å². The second-order valence-corrected chi connectivity index (χ2v) is 7.90. The summed E-state index contributed by atoms with van der Waals surface area (Å²) >= 11 is 0. The van der Waals surface area contributed by atoms with E-state index in [2.05, 4.69) is 9.88 Å². The zero-order chi connectivity index (χ0) is 18.9. The van der Waals surface area contributed by atoms with Crippen molar-refractivity contribution in [3.8, 4) is 0 Å². The molecule has 3 heterocycles. The van der Waals surface area contributed by atoms with Crippen LogP contribution in [0.3, 0.4) is 0 Å². The molecule has 156 valence electrons. The van der Waals surface area contributed by atoms with Gasteiger partial charge in [0.05, 0.1) is 25.9 Å². The molecule has 1 aliphatic carbocycles. The summed E-state index contributed by atoms with van der Waals surface area (Å²) in [5, 5.41) is 0. The summed E-state index contributed by atoms with van der Waals surface area (Å²) in [6.07, 6.45) is 5.25. The number of piperidine rings is 1. The molecule has 1 amide bonds. The van der Waals surface area contributed by atoms with Crippen LogP contribution >= 0.6 is 12.4 Å². The molecule has 3 atom stereocenters. The maximum absolute atomic E-state index is 11.6. The van der Waals surface area contributed by atoms with E-state index in [1.165, 1.54) is 6.42 Å². The lowest BCUT2D eigenvalue weighted by atomic mass is 9.62. The predicted molar refractivity (Wildman–Crippen MR) is 107 cm³/mol. The van der Waals surface area contributed by atoms with Crippen LogP contribution in [0, 0.1) is 11.8 Å². The number of pyridine rings is 1. The maximum atomic E-state index is 11.6. The lowest BCUT2D eigenvalue weighted by Gasteiger charge is -2.55. The highest BCUT2D eigenvalue weighted by atomic mass is 35.5. The van der Waals surface area contributed by atoms with Gasteiger partial charge < -0.3 is 19.9 Å². The zero-order valence-corrected chi connectivity index (χ0v) is 17.2. The van der Waals surface area contributed by atoms with E-state index in [-0.39, 0.29) is 24.1 Å². The number of nitrogens with zero attached hydrogens (tertiary/aromatic N) is 2. The number of likely N-dealkylation sites (tertiary alicyclic amines) is 1. The van der Waals surface area contributed by atoms with Crippen molar-refractivity contribution >= 4 is 18.3 Å². The highest BCUT2D eigenvalue weighted by molar-refractivity contribution is 5.90. The minimum atomic E-state index is -0.500. The smallest absolute Gasteiger partial charge is 0.267 e. The van der Waals surface area contributed by atoms with E-state index >= 15 is 0 Å². The van der Waals surface area contributed by atoms with Crippen molar-refractivity contribution in [2.45, 2.75) is 31.0 Å². The SMILES string of the molecule is COC1(c2ccnc(C(N)=O)c2)C2CCCC1CN(C[C@@H]1COCCO1)C2.Cl. The van der Waals surface area contributed by atoms with Crippen LogP contribution in [0.25, 0.3) is 0 Å². The molecule has 0 radical (unpaired) electrons. The summed E-state index contributed by atoms with van der Waals surface area (Å²) in [6, 6.07) is 3.81. The summed E-state index contributed by atoms with van der Waals surface area (Å²) in [5.74, 6) is 0.227. The number of rotatable bonds is 5. The topological polar surface area (TPSA) is 86.9 Å². The van der Waals surface area contributed by atoms with Gasteiger partial charge in [-0.25, -0.2) is 0 Å². The number of halogens is 1. The number of ether oxygens (including phenoxy) is 3. The van der Waals surface area contributed by atoms with Gasteiger partial charge in [0.15, 0.2) is 0 Å². The zero-order valence-electron chi connectivity index (χ0n) is 16.3. The van der Waals surface area contributed by atoms with Crippen LogP contribution in [-0.2, 0) is 19.8 Å². The summed E-state index contributed by atoms with van der Waals surface area (Å²) in [4.78, 5) is 18.2. The van der Waals surface area contributed by atoms with Gasteiger partial charge in [0.25, 0.3) is 5.91 Å². The molecule has 8 heteroatoms. The second kappa shape index (κ2) is 9.05. The minimum Gasteiger partial charge on any atom is -0.376 e. The first-order chi connectivity index (χ1) is 13.1. The predicted octanol–water partition coefficient (Wildman–Crippen LogP) is 1.59. The van der Waals surface area contributed by atoms with Crippen molar-refractivity contribution in [2.75, 3.05) is 46.6 Å². The quantitative estimate of drug-likeness (QED) is 0.791. The van der Waals surface area contributed by atoms with Crippen LogP contribution in [0.5, 0.6) is 0 Å². The van der Waals surface area contributed by atoms with Gasteiger partial charge in [0.2, 0.25) is 0 Å². The number of amides is 1. The van der Waals surface area contributed by atoms with Crippen LogP contribution in [-0.4, -0.2) is 68.5 Å². The molecule has 7 nitrogen and oxygen atoms in total. The Hall–Kier alpha value is -1.25.